The van der Waals surface area contributed by atoms with Crippen molar-refractivity contribution in [1.29, 1.82) is 0 Å². The van der Waals surface area contributed by atoms with Gasteiger partial charge in [-0.2, -0.15) is 0 Å². The fourth-order valence-corrected chi connectivity index (χ4v) is 4.77. The van der Waals surface area contributed by atoms with E-state index in [4.69, 9.17) is 4.74 Å². The van der Waals surface area contributed by atoms with Gasteiger partial charge in [-0.3, -0.25) is 9.59 Å². The van der Waals surface area contributed by atoms with Crippen molar-refractivity contribution in [1.82, 2.24) is 10.2 Å². The standard InChI is InChI=1S/C26H28N2O5/c1-17-15-28(14-12-18(17)25(30)31)24(29)11-6-13-27-26(32)33-16-23-21-9-4-2-7-19(21)20-8-3-5-10-22(20)23/h2-11,17-18,23H,12-16H2,1H3,(H,27,32)(H,30,31)/b11-6+. The Morgan fingerprint density at radius 3 is 2.33 bits per heavy atom. The predicted octanol–water partition coefficient (Wildman–Crippen LogP) is 3.65. The van der Waals surface area contributed by atoms with Gasteiger partial charge in [0, 0.05) is 31.6 Å². The van der Waals surface area contributed by atoms with Crippen LogP contribution in [0.25, 0.3) is 11.1 Å². The minimum absolute atomic E-state index is 0.00371. The Kier molecular flexibility index (Phi) is 6.77. The maximum atomic E-state index is 12.3. The van der Waals surface area contributed by atoms with E-state index in [0.717, 1.165) is 11.1 Å². The number of aliphatic carboxylic acids is 1. The van der Waals surface area contributed by atoms with Crippen LogP contribution in [0, 0.1) is 11.8 Å². The van der Waals surface area contributed by atoms with E-state index < -0.39 is 18.0 Å². The SMILES string of the molecule is CC1CN(C(=O)/C=C/CNC(=O)OCC2c3ccccc3-c3ccccc32)CCC1C(=O)O. The monoisotopic (exact) mass is 448 g/mol. The van der Waals surface area contributed by atoms with E-state index in [1.165, 1.54) is 17.2 Å². The number of ether oxygens (including phenoxy) is 1. The van der Waals surface area contributed by atoms with Crippen LogP contribution in [0.3, 0.4) is 0 Å². The number of benzene rings is 2. The molecule has 2 amide bonds. The molecule has 2 aromatic carbocycles. The van der Waals surface area contributed by atoms with Crippen LogP contribution in [0.1, 0.15) is 30.4 Å². The first-order valence-corrected chi connectivity index (χ1v) is 11.2. The zero-order valence-corrected chi connectivity index (χ0v) is 18.6. The topological polar surface area (TPSA) is 95.9 Å². The normalized spacial score (nSPS) is 19.7. The number of rotatable bonds is 6. The zero-order chi connectivity index (χ0) is 23.4. The summed E-state index contributed by atoms with van der Waals surface area (Å²) in [7, 11) is 0. The molecule has 1 saturated heterocycles. The van der Waals surface area contributed by atoms with Gasteiger partial charge in [-0.1, -0.05) is 61.5 Å². The largest absolute Gasteiger partial charge is 0.481 e. The van der Waals surface area contributed by atoms with Gasteiger partial charge in [-0.05, 0) is 34.6 Å². The molecule has 0 bridgehead atoms. The van der Waals surface area contributed by atoms with Gasteiger partial charge >= 0.3 is 12.1 Å². The van der Waals surface area contributed by atoms with Crippen LogP contribution in [0.5, 0.6) is 0 Å². The molecule has 2 aliphatic rings. The van der Waals surface area contributed by atoms with E-state index in [1.807, 2.05) is 31.2 Å². The number of carboxylic acids is 1. The van der Waals surface area contributed by atoms with E-state index in [2.05, 4.69) is 29.6 Å². The van der Waals surface area contributed by atoms with Crippen LogP contribution in [0.4, 0.5) is 4.79 Å². The van der Waals surface area contributed by atoms with Crippen LogP contribution < -0.4 is 5.32 Å². The highest BCUT2D eigenvalue weighted by Crippen LogP contribution is 2.44. The molecule has 33 heavy (non-hydrogen) atoms. The van der Waals surface area contributed by atoms with Crippen molar-refractivity contribution >= 4 is 18.0 Å². The molecule has 172 valence electrons. The third-order valence-corrected chi connectivity index (χ3v) is 6.50. The summed E-state index contributed by atoms with van der Waals surface area (Å²) in [6.45, 7) is 3.09. The predicted molar refractivity (Wildman–Crippen MR) is 124 cm³/mol. The summed E-state index contributed by atoms with van der Waals surface area (Å²) in [5.41, 5.74) is 4.64. The second kappa shape index (κ2) is 9.90. The summed E-state index contributed by atoms with van der Waals surface area (Å²) < 4.78 is 5.48. The molecule has 1 heterocycles. The second-order valence-electron chi connectivity index (χ2n) is 8.60. The molecule has 4 rings (SSSR count). The summed E-state index contributed by atoms with van der Waals surface area (Å²) in [6, 6.07) is 16.3. The molecule has 1 fully saturated rings. The fraction of sp³-hybridized carbons (Fsp3) is 0.346. The number of alkyl carbamates (subject to hydrolysis) is 1. The Labute approximate surface area is 193 Å². The van der Waals surface area contributed by atoms with Crippen molar-refractivity contribution in [2.24, 2.45) is 11.8 Å². The molecule has 7 nitrogen and oxygen atoms in total. The molecule has 2 unspecified atom stereocenters. The number of likely N-dealkylation sites (tertiary alicyclic amines) is 1. The number of fused-ring (bicyclic) bond motifs is 3. The average Bonchev–Trinajstić information content (AvgIpc) is 3.14. The van der Waals surface area contributed by atoms with Crippen molar-refractivity contribution in [3.05, 3.63) is 71.8 Å². The number of nitrogens with one attached hydrogen (secondary N) is 1. The highest BCUT2D eigenvalue weighted by molar-refractivity contribution is 5.88. The molecule has 0 saturated carbocycles. The fourth-order valence-electron chi connectivity index (χ4n) is 4.77. The van der Waals surface area contributed by atoms with Crippen molar-refractivity contribution < 1.29 is 24.2 Å². The van der Waals surface area contributed by atoms with Crippen LogP contribution in [0.2, 0.25) is 0 Å². The Morgan fingerprint density at radius 2 is 1.73 bits per heavy atom. The lowest BCUT2D eigenvalue weighted by molar-refractivity contribution is -0.147. The number of hydrogen-bond donors (Lipinski definition) is 2. The highest BCUT2D eigenvalue weighted by atomic mass is 16.5. The lowest BCUT2D eigenvalue weighted by atomic mass is 9.87. The molecular weight excluding hydrogens is 420 g/mol. The lowest BCUT2D eigenvalue weighted by Gasteiger charge is -2.34. The average molecular weight is 449 g/mol. The molecule has 1 aliphatic carbocycles. The smallest absolute Gasteiger partial charge is 0.407 e. The molecule has 2 aromatic rings. The number of hydrogen-bond acceptors (Lipinski definition) is 4. The molecule has 1 aliphatic heterocycles. The minimum atomic E-state index is -0.808. The Bertz CT molecular complexity index is 1030. The molecule has 0 aromatic heterocycles. The molecular formula is C26H28N2O5. The van der Waals surface area contributed by atoms with Crippen LogP contribution in [-0.4, -0.2) is 54.2 Å². The van der Waals surface area contributed by atoms with Gasteiger partial charge in [-0.15, -0.1) is 0 Å². The van der Waals surface area contributed by atoms with Gasteiger partial charge in [0.1, 0.15) is 6.61 Å². The zero-order valence-electron chi connectivity index (χ0n) is 18.6. The summed E-state index contributed by atoms with van der Waals surface area (Å²) in [4.78, 5) is 37.4. The van der Waals surface area contributed by atoms with Crippen molar-refractivity contribution in [3.8, 4) is 11.1 Å². The number of amides is 2. The van der Waals surface area contributed by atoms with E-state index in [0.29, 0.717) is 19.5 Å². The summed E-state index contributed by atoms with van der Waals surface area (Å²) in [6.07, 6.45) is 2.91. The van der Waals surface area contributed by atoms with Gasteiger partial charge in [0.25, 0.3) is 0 Å². The quantitative estimate of drug-likeness (QED) is 0.658. The van der Waals surface area contributed by atoms with Gasteiger partial charge in [-0.25, -0.2) is 4.79 Å². The van der Waals surface area contributed by atoms with Crippen molar-refractivity contribution in [3.63, 3.8) is 0 Å². The Balaban J connectivity index is 1.24. The van der Waals surface area contributed by atoms with E-state index in [-0.39, 0.29) is 30.9 Å². The first kappa shape index (κ1) is 22.6. The van der Waals surface area contributed by atoms with Gasteiger partial charge in [0.15, 0.2) is 0 Å². The number of carboxylic acid groups (broad SMARTS) is 1. The molecule has 7 heteroatoms. The molecule has 0 radical (unpaired) electrons. The van der Waals surface area contributed by atoms with Crippen molar-refractivity contribution in [2.75, 3.05) is 26.2 Å². The van der Waals surface area contributed by atoms with E-state index >= 15 is 0 Å². The van der Waals surface area contributed by atoms with Gasteiger partial charge in [0.05, 0.1) is 5.92 Å². The molecule has 2 N–H and O–H groups in total. The van der Waals surface area contributed by atoms with E-state index in [1.54, 1.807) is 11.0 Å². The number of carbonyl (C=O) groups is 3. The van der Waals surface area contributed by atoms with Gasteiger partial charge in [0.2, 0.25) is 5.91 Å². The van der Waals surface area contributed by atoms with E-state index in [9.17, 15) is 19.5 Å². The Hall–Kier alpha value is -3.61. The minimum Gasteiger partial charge on any atom is -0.481 e. The van der Waals surface area contributed by atoms with Crippen LogP contribution in [0.15, 0.2) is 60.7 Å². The third kappa shape index (κ3) is 4.92. The molecule has 2 atom stereocenters. The Morgan fingerprint density at radius 1 is 1.09 bits per heavy atom. The second-order valence-corrected chi connectivity index (χ2v) is 8.60. The maximum absolute atomic E-state index is 12.3. The number of piperidine rings is 1. The highest BCUT2D eigenvalue weighted by Gasteiger charge is 2.32. The van der Waals surface area contributed by atoms with Crippen LogP contribution >= 0.6 is 0 Å². The number of nitrogens with zero attached hydrogens (tertiary/aromatic N) is 1. The number of carbonyl (C=O) groups excluding carboxylic acids is 2. The third-order valence-electron chi connectivity index (χ3n) is 6.50. The first-order chi connectivity index (χ1) is 16.0. The summed E-state index contributed by atoms with van der Waals surface area (Å²) >= 11 is 0. The summed E-state index contributed by atoms with van der Waals surface area (Å²) in [5.74, 6) is -1.49. The van der Waals surface area contributed by atoms with Crippen LogP contribution in [-0.2, 0) is 14.3 Å². The first-order valence-electron chi connectivity index (χ1n) is 11.2. The maximum Gasteiger partial charge on any atom is 0.407 e. The van der Waals surface area contributed by atoms with Gasteiger partial charge < -0.3 is 20.1 Å². The van der Waals surface area contributed by atoms with Crippen molar-refractivity contribution in [2.45, 2.75) is 19.3 Å². The lowest BCUT2D eigenvalue weighted by Crippen LogP contribution is -2.44. The summed E-state index contributed by atoms with van der Waals surface area (Å²) in [5, 5.41) is 11.8. The molecule has 0 spiro atoms.